The largest absolute Gasteiger partial charge is 0.313 e. The van der Waals surface area contributed by atoms with E-state index in [1.54, 1.807) is 11.8 Å². The molecule has 0 aliphatic heterocycles. The third-order valence-electron chi connectivity index (χ3n) is 3.01. The zero-order valence-corrected chi connectivity index (χ0v) is 12.3. The van der Waals surface area contributed by atoms with Crippen LogP contribution in [-0.2, 0) is 7.05 Å². The molecule has 5 heteroatoms. The van der Waals surface area contributed by atoms with E-state index in [2.05, 4.69) is 36.3 Å². The van der Waals surface area contributed by atoms with Crippen molar-refractivity contribution >= 4 is 11.8 Å². The predicted octanol–water partition coefficient (Wildman–Crippen LogP) is 2.38. The van der Waals surface area contributed by atoms with Crippen LogP contribution in [0.2, 0.25) is 0 Å². The van der Waals surface area contributed by atoms with E-state index in [-0.39, 0.29) is 0 Å². The summed E-state index contributed by atoms with van der Waals surface area (Å²) in [7, 11) is 2.02. The van der Waals surface area contributed by atoms with Crippen molar-refractivity contribution in [2.75, 3.05) is 6.54 Å². The van der Waals surface area contributed by atoms with Gasteiger partial charge in [0.05, 0.1) is 0 Å². The van der Waals surface area contributed by atoms with Gasteiger partial charge in [0.25, 0.3) is 0 Å². The third-order valence-corrected chi connectivity index (χ3v) is 4.27. The molecule has 1 rings (SSSR count). The second kappa shape index (κ2) is 7.01. The van der Waals surface area contributed by atoms with Crippen LogP contribution < -0.4 is 5.32 Å². The van der Waals surface area contributed by atoms with Gasteiger partial charge in [-0.05, 0) is 26.3 Å². The Morgan fingerprint density at radius 3 is 2.53 bits per heavy atom. The van der Waals surface area contributed by atoms with Gasteiger partial charge in [0, 0.05) is 18.3 Å². The molecule has 0 saturated carbocycles. The first-order valence-electron chi connectivity index (χ1n) is 6.36. The fraction of sp³-hybridized carbons (Fsp3) is 0.833. The van der Waals surface area contributed by atoms with Crippen LogP contribution in [0.15, 0.2) is 5.16 Å². The summed E-state index contributed by atoms with van der Waals surface area (Å²) in [5.74, 6) is 0.967. The topological polar surface area (TPSA) is 42.7 Å². The number of thioether (sulfide) groups is 1. The lowest BCUT2D eigenvalue weighted by atomic mass is 10.1. The Bertz CT molecular complexity index is 337. The van der Waals surface area contributed by atoms with Crippen molar-refractivity contribution in [2.24, 2.45) is 7.05 Å². The number of nitrogens with one attached hydrogen (secondary N) is 1. The highest BCUT2D eigenvalue weighted by Crippen LogP contribution is 2.24. The second-order valence-corrected chi connectivity index (χ2v) is 5.73. The maximum absolute atomic E-state index is 4.20. The highest BCUT2D eigenvalue weighted by atomic mass is 32.2. The number of aryl methyl sites for hydroxylation is 1. The molecule has 0 radical (unpaired) electrons. The maximum atomic E-state index is 4.20. The summed E-state index contributed by atoms with van der Waals surface area (Å²) in [5, 5.41) is 13.4. The highest BCUT2D eigenvalue weighted by Gasteiger charge is 2.18. The molecule has 98 valence electrons. The fourth-order valence-electron chi connectivity index (χ4n) is 1.71. The lowest BCUT2D eigenvalue weighted by molar-refractivity contribution is 0.493. The SMILES string of the molecule is CCCNC(CC)C(C)Sc1nnc(C)n1C. The first-order valence-corrected chi connectivity index (χ1v) is 7.24. The Morgan fingerprint density at radius 2 is 2.06 bits per heavy atom. The molecule has 0 amide bonds. The molecule has 0 fully saturated rings. The predicted molar refractivity (Wildman–Crippen MR) is 73.4 cm³/mol. The molecule has 0 bridgehead atoms. The summed E-state index contributed by atoms with van der Waals surface area (Å²) in [6.07, 6.45) is 2.32. The lowest BCUT2D eigenvalue weighted by Crippen LogP contribution is -2.36. The van der Waals surface area contributed by atoms with Gasteiger partial charge < -0.3 is 9.88 Å². The van der Waals surface area contributed by atoms with Crippen LogP contribution in [0, 0.1) is 6.92 Å². The van der Waals surface area contributed by atoms with Crippen LogP contribution in [0.5, 0.6) is 0 Å². The van der Waals surface area contributed by atoms with Crippen LogP contribution in [0.4, 0.5) is 0 Å². The molecule has 0 aliphatic carbocycles. The molecule has 17 heavy (non-hydrogen) atoms. The average Bonchev–Trinajstić information content (AvgIpc) is 2.62. The Labute approximate surface area is 109 Å². The molecule has 2 unspecified atom stereocenters. The summed E-state index contributed by atoms with van der Waals surface area (Å²) in [4.78, 5) is 0. The third kappa shape index (κ3) is 4.00. The van der Waals surface area contributed by atoms with E-state index in [9.17, 15) is 0 Å². The van der Waals surface area contributed by atoms with E-state index in [0.717, 1.165) is 23.9 Å². The van der Waals surface area contributed by atoms with Gasteiger partial charge in [-0.3, -0.25) is 0 Å². The molecule has 0 aromatic carbocycles. The highest BCUT2D eigenvalue weighted by molar-refractivity contribution is 7.99. The molecule has 1 aromatic heterocycles. The van der Waals surface area contributed by atoms with Gasteiger partial charge in [-0.15, -0.1) is 10.2 Å². The van der Waals surface area contributed by atoms with Crippen LogP contribution in [0.25, 0.3) is 0 Å². The van der Waals surface area contributed by atoms with Gasteiger partial charge >= 0.3 is 0 Å². The normalized spacial score (nSPS) is 14.9. The Balaban J connectivity index is 2.57. The average molecular weight is 256 g/mol. The van der Waals surface area contributed by atoms with E-state index in [1.807, 2.05) is 18.5 Å². The Morgan fingerprint density at radius 1 is 1.35 bits per heavy atom. The maximum Gasteiger partial charge on any atom is 0.191 e. The number of nitrogens with zero attached hydrogens (tertiary/aromatic N) is 3. The van der Waals surface area contributed by atoms with Crippen molar-refractivity contribution in [3.8, 4) is 0 Å². The molecule has 0 spiro atoms. The molecule has 4 nitrogen and oxygen atoms in total. The molecule has 1 aromatic rings. The fourth-order valence-corrected chi connectivity index (χ4v) is 2.87. The van der Waals surface area contributed by atoms with Crippen LogP contribution in [0.3, 0.4) is 0 Å². The first-order chi connectivity index (χ1) is 8.10. The molecular weight excluding hydrogens is 232 g/mol. The molecule has 2 atom stereocenters. The van der Waals surface area contributed by atoms with Gasteiger partial charge in [0.2, 0.25) is 0 Å². The van der Waals surface area contributed by atoms with E-state index in [1.165, 1.54) is 6.42 Å². The Kier molecular flexibility index (Phi) is 5.98. The van der Waals surface area contributed by atoms with Gasteiger partial charge in [-0.25, -0.2) is 0 Å². The van der Waals surface area contributed by atoms with Gasteiger partial charge in [0.1, 0.15) is 5.82 Å². The van der Waals surface area contributed by atoms with Gasteiger partial charge in [-0.2, -0.15) is 0 Å². The van der Waals surface area contributed by atoms with Crippen LogP contribution in [0.1, 0.15) is 39.4 Å². The minimum Gasteiger partial charge on any atom is -0.313 e. The lowest BCUT2D eigenvalue weighted by Gasteiger charge is -2.22. The monoisotopic (exact) mass is 256 g/mol. The van der Waals surface area contributed by atoms with E-state index in [4.69, 9.17) is 0 Å². The molecule has 0 aliphatic rings. The van der Waals surface area contributed by atoms with E-state index < -0.39 is 0 Å². The summed E-state index contributed by atoms with van der Waals surface area (Å²) in [6.45, 7) is 9.75. The number of aromatic nitrogens is 3. The summed E-state index contributed by atoms with van der Waals surface area (Å²) >= 11 is 1.80. The van der Waals surface area contributed by atoms with Crippen molar-refractivity contribution in [3.05, 3.63) is 5.82 Å². The zero-order valence-electron chi connectivity index (χ0n) is 11.5. The van der Waals surface area contributed by atoms with Crippen LogP contribution in [-0.4, -0.2) is 32.6 Å². The second-order valence-electron chi connectivity index (χ2n) is 4.38. The summed E-state index contributed by atoms with van der Waals surface area (Å²) in [5.41, 5.74) is 0. The van der Waals surface area contributed by atoms with Crippen molar-refractivity contribution in [3.63, 3.8) is 0 Å². The van der Waals surface area contributed by atoms with E-state index in [0.29, 0.717) is 11.3 Å². The summed E-state index contributed by atoms with van der Waals surface area (Å²) in [6, 6.07) is 0.539. The smallest absolute Gasteiger partial charge is 0.191 e. The number of hydrogen-bond acceptors (Lipinski definition) is 4. The van der Waals surface area contributed by atoms with E-state index >= 15 is 0 Å². The zero-order chi connectivity index (χ0) is 12.8. The standard InChI is InChI=1S/C12H24N4S/c1-6-8-13-11(7-2)9(3)17-12-15-14-10(4)16(12)5/h9,11,13H,6-8H2,1-5H3. The number of rotatable bonds is 7. The van der Waals surface area contributed by atoms with Crippen molar-refractivity contribution < 1.29 is 0 Å². The summed E-state index contributed by atoms with van der Waals surface area (Å²) < 4.78 is 2.05. The molecule has 0 saturated heterocycles. The minimum atomic E-state index is 0.508. The van der Waals surface area contributed by atoms with Crippen molar-refractivity contribution in [1.82, 2.24) is 20.1 Å². The molecular formula is C12H24N4S. The van der Waals surface area contributed by atoms with Crippen molar-refractivity contribution in [1.29, 1.82) is 0 Å². The van der Waals surface area contributed by atoms with Gasteiger partial charge in [0.15, 0.2) is 5.16 Å². The Hall–Kier alpha value is -0.550. The van der Waals surface area contributed by atoms with Crippen molar-refractivity contribution in [2.45, 2.75) is 57.0 Å². The molecule has 1 N–H and O–H groups in total. The number of hydrogen-bond donors (Lipinski definition) is 1. The quantitative estimate of drug-likeness (QED) is 0.761. The van der Waals surface area contributed by atoms with Crippen LogP contribution >= 0.6 is 11.8 Å². The first kappa shape index (κ1) is 14.5. The minimum absolute atomic E-state index is 0.508. The van der Waals surface area contributed by atoms with Gasteiger partial charge in [-0.1, -0.05) is 32.5 Å². The molecule has 1 heterocycles.